The summed E-state index contributed by atoms with van der Waals surface area (Å²) < 4.78 is 21.8. The van der Waals surface area contributed by atoms with Crippen molar-refractivity contribution >= 4 is 17.5 Å². The van der Waals surface area contributed by atoms with Gasteiger partial charge in [0.05, 0.1) is 7.11 Å². The number of nitrogens with zero attached hydrogens (tertiary/aromatic N) is 1. The van der Waals surface area contributed by atoms with E-state index in [0.717, 1.165) is 11.3 Å². The van der Waals surface area contributed by atoms with Gasteiger partial charge in [0.15, 0.2) is 18.1 Å². The molecule has 0 spiro atoms. The van der Waals surface area contributed by atoms with E-state index in [2.05, 4.69) is 5.32 Å². The first-order valence-corrected chi connectivity index (χ1v) is 10.8. The number of carbonyl (C=O) groups is 2. The molecule has 0 radical (unpaired) electrons. The Kier molecular flexibility index (Phi) is 7.17. The lowest BCUT2D eigenvalue weighted by Gasteiger charge is -2.21. The van der Waals surface area contributed by atoms with Crippen molar-refractivity contribution in [2.45, 2.75) is 6.54 Å². The number of ether oxygens (including phenoxy) is 4. The molecule has 0 unspecified atom stereocenters. The van der Waals surface area contributed by atoms with E-state index in [-0.39, 0.29) is 18.4 Å². The normalized spacial score (nSPS) is 11.9. The number of fused-ring (bicyclic) bond motifs is 1. The summed E-state index contributed by atoms with van der Waals surface area (Å²) in [7, 11) is 3.31. The lowest BCUT2D eigenvalue weighted by atomic mass is 10.1. The second-order valence-electron chi connectivity index (χ2n) is 7.73. The van der Waals surface area contributed by atoms with Gasteiger partial charge >= 0.3 is 0 Å². The third-order valence-corrected chi connectivity index (χ3v) is 5.20. The molecule has 0 fully saturated rings. The monoisotopic (exact) mass is 462 g/mol. The van der Waals surface area contributed by atoms with Crippen LogP contribution in [0.3, 0.4) is 0 Å². The van der Waals surface area contributed by atoms with E-state index < -0.39 is 0 Å². The Morgan fingerprint density at radius 1 is 0.941 bits per heavy atom. The average molecular weight is 463 g/mol. The molecule has 0 atom stereocenters. The summed E-state index contributed by atoms with van der Waals surface area (Å²) in [5.74, 6) is 2.13. The highest BCUT2D eigenvalue weighted by Gasteiger charge is 2.16. The van der Waals surface area contributed by atoms with Gasteiger partial charge in [-0.05, 0) is 54.1 Å². The van der Waals surface area contributed by atoms with Crippen molar-refractivity contribution in [2.75, 3.05) is 39.3 Å². The van der Waals surface area contributed by atoms with Gasteiger partial charge in [0.25, 0.3) is 11.8 Å². The van der Waals surface area contributed by atoms with E-state index in [4.69, 9.17) is 18.9 Å². The number of amides is 2. The molecular formula is C26H26N2O6. The molecule has 0 saturated carbocycles. The molecule has 1 aliphatic heterocycles. The van der Waals surface area contributed by atoms with E-state index in [9.17, 15) is 9.59 Å². The molecule has 1 aliphatic rings. The Balaban J connectivity index is 1.29. The van der Waals surface area contributed by atoms with Crippen molar-refractivity contribution in [3.63, 3.8) is 0 Å². The fourth-order valence-corrected chi connectivity index (χ4v) is 3.49. The molecule has 0 aromatic heterocycles. The lowest BCUT2D eigenvalue weighted by Crippen LogP contribution is -2.26. The fraction of sp³-hybridized carbons (Fsp3) is 0.231. The van der Waals surface area contributed by atoms with Gasteiger partial charge < -0.3 is 29.2 Å². The summed E-state index contributed by atoms with van der Waals surface area (Å²) >= 11 is 0. The maximum atomic E-state index is 12.8. The zero-order valence-electron chi connectivity index (χ0n) is 19.1. The highest BCUT2D eigenvalue weighted by atomic mass is 16.6. The molecule has 176 valence electrons. The van der Waals surface area contributed by atoms with Gasteiger partial charge in [-0.25, -0.2) is 0 Å². The maximum absolute atomic E-state index is 12.8. The van der Waals surface area contributed by atoms with E-state index >= 15 is 0 Å². The third kappa shape index (κ3) is 5.78. The van der Waals surface area contributed by atoms with Crippen molar-refractivity contribution in [3.05, 3.63) is 77.9 Å². The number of hydrogen-bond acceptors (Lipinski definition) is 6. The van der Waals surface area contributed by atoms with Crippen LogP contribution in [0, 0.1) is 0 Å². The Morgan fingerprint density at radius 2 is 1.71 bits per heavy atom. The van der Waals surface area contributed by atoms with Crippen LogP contribution in [0.5, 0.6) is 23.0 Å². The molecule has 3 aromatic rings. The largest absolute Gasteiger partial charge is 0.497 e. The first kappa shape index (κ1) is 23.0. The Hall–Kier alpha value is -4.20. The van der Waals surface area contributed by atoms with Crippen molar-refractivity contribution in [3.8, 4) is 23.0 Å². The van der Waals surface area contributed by atoms with Crippen LogP contribution in [-0.2, 0) is 11.3 Å². The topological polar surface area (TPSA) is 86.3 Å². The quantitative estimate of drug-likeness (QED) is 0.549. The third-order valence-electron chi connectivity index (χ3n) is 5.20. The maximum Gasteiger partial charge on any atom is 0.262 e. The van der Waals surface area contributed by atoms with Gasteiger partial charge in [0.1, 0.15) is 24.7 Å². The molecule has 3 aromatic carbocycles. The van der Waals surface area contributed by atoms with Crippen LogP contribution < -0.4 is 24.3 Å². The van der Waals surface area contributed by atoms with Gasteiger partial charge in [0, 0.05) is 30.9 Å². The number of hydrogen-bond donors (Lipinski definition) is 1. The number of methoxy groups -OCH3 is 1. The molecule has 4 rings (SSSR count). The van der Waals surface area contributed by atoms with Gasteiger partial charge in [-0.1, -0.05) is 12.1 Å². The Morgan fingerprint density at radius 3 is 2.47 bits per heavy atom. The van der Waals surface area contributed by atoms with E-state index in [1.165, 1.54) is 0 Å². The van der Waals surface area contributed by atoms with Gasteiger partial charge in [-0.3, -0.25) is 9.59 Å². The van der Waals surface area contributed by atoms with Crippen molar-refractivity contribution in [1.82, 2.24) is 4.90 Å². The summed E-state index contributed by atoms with van der Waals surface area (Å²) in [4.78, 5) is 26.6. The molecular weight excluding hydrogens is 436 g/mol. The minimum atomic E-state index is -0.299. The van der Waals surface area contributed by atoms with E-state index in [1.807, 2.05) is 18.2 Å². The SMILES string of the molecule is COc1cccc(NC(=O)COc2ccc(C(=O)N(C)Cc3ccc4c(c3)OCCO4)cc2)c1. The number of carbonyl (C=O) groups excluding carboxylic acids is 2. The Bertz CT molecular complexity index is 1160. The molecule has 0 aliphatic carbocycles. The first-order chi connectivity index (χ1) is 16.5. The summed E-state index contributed by atoms with van der Waals surface area (Å²) in [6, 6.07) is 19.4. The highest BCUT2D eigenvalue weighted by Crippen LogP contribution is 2.31. The summed E-state index contributed by atoms with van der Waals surface area (Å²) in [5.41, 5.74) is 2.09. The molecule has 0 saturated heterocycles. The highest BCUT2D eigenvalue weighted by molar-refractivity contribution is 5.94. The van der Waals surface area contributed by atoms with Crippen LogP contribution in [-0.4, -0.2) is 50.7 Å². The molecule has 1 heterocycles. The van der Waals surface area contributed by atoms with Crippen LogP contribution >= 0.6 is 0 Å². The first-order valence-electron chi connectivity index (χ1n) is 10.8. The summed E-state index contributed by atoms with van der Waals surface area (Å²) in [5, 5.41) is 2.75. The van der Waals surface area contributed by atoms with Crippen LogP contribution in [0.25, 0.3) is 0 Å². The van der Waals surface area contributed by atoms with Crippen LogP contribution in [0.15, 0.2) is 66.7 Å². The van der Waals surface area contributed by atoms with Crippen molar-refractivity contribution in [1.29, 1.82) is 0 Å². The molecule has 8 heteroatoms. The van der Waals surface area contributed by atoms with Crippen LogP contribution in [0.1, 0.15) is 15.9 Å². The molecule has 2 amide bonds. The van der Waals surface area contributed by atoms with Crippen LogP contribution in [0.4, 0.5) is 5.69 Å². The van der Waals surface area contributed by atoms with Gasteiger partial charge in [-0.2, -0.15) is 0 Å². The predicted octanol–water partition coefficient (Wildman–Crippen LogP) is 3.76. The zero-order valence-corrected chi connectivity index (χ0v) is 19.1. The molecule has 34 heavy (non-hydrogen) atoms. The fourth-order valence-electron chi connectivity index (χ4n) is 3.49. The second-order valence-corrected chi connectivity index (χ2v) is 7.73. The zero-order chi connectivity index (χ0) is 23.9. The predicted molar refractivity (Wildman–Crippen MR) is 127 cm³/mol. The second kappa shape index (κ2) is 10.6. The molecule has 0 bridgehead atoms. The minimum Gasteiger partial charge on any atom is -0.497 e. The van der Waals surface area contributed by atoms with Crippen molar-refractivity contribution < 1.29 is 28.5 Å². The Labute approximate surface area is 198 Å². The van der Waals surface area contributed by atoms with Gasteiger partial charge in [-0.15, -0.1) is 0 Å². The van der Waals surface area contributed by atoms with E-state index in [1.54, 1.807) is 67.6 Å². The van der Waals surface area contributed by atoms with Crippen molar-refractivity contribution in [2.24, 2.45) is 0 Å². The van der Waals surface area contributed by atoms with Gasteiger partial charge in [0.2, 0.25) is 0 Å². The minimum absolute atomic E-state index is 0.128. The standard InChI is InChI=1S/C26H26N2O6/c1-28(16-18-6-11-23-24(14-18)33-13-12-32-23)26(30)19-7-9-21(10-8-19)34-17-25(29)27-20-4-3-5-22(15-20)31-2/h3-11,14-15H,12-13,16-17H2,1-2H3,(H,27,29). The number of benzene rings is 3. The number of nitrogens with one attached hydrogen (secondary N) is 1. The van der Waals surface area contributed by atoms with E-state index in [0.29, 0.717) is 48.3 Å². The summed E-state index contributed by atoms with van der Waals surface area (Å²) in [6.45, 7) is 1.33. The smallest absolute Gasteiger partial charge is 0.262 e. The number of rotatable bonds is 8. The summed E-state index contributed by atoms with van der Waals surface area (Å²) in [6.07, 6.45) is 0. The van der Waals surface area contributed by atoms with Crippen LogP contribution in [0.2, 0.25) is 0 Å². The molecule has 1 N–H and O–H groups in total. The lowest BCUT2D eigenvalue weighted by molar-refractivity contribution is -0.118. The average Bonchev–Trinajstić information content (AvgIpc) is 2.87. The molecule has 8 nitrogen and oxygen atoms in total. The number of anilines is 1.